The third-order valence-electron chi connectivity index (χ3n) is 9.69. The van der Waals surface area contributed by atoms with Gasteiger partial charge >= 0.3 is 5.92 Å². The first-order valence-electron chi connectivity index (χ1n) is 16.8. The molecule has 268 valence electrons. The van der Waals surface area contributed by atoms with Crippen LogP contribution >= 0.6 is 0 Å². The zero-order valence-corrected chi connectivity index (χ0v) is 28.7. The monoisotopic (exact) mass is 688 g/mol. The first-order valence-corrected chi connectivity index (χ1v) is 16.8. The lowest BCUT2D eigenvalue weighted by atomic mass is 9.79. The van der Waals surface area contributed by atoms with Crippen LogP contribution in [-0.4, -0.2) is 90.8 Å². The van der Waals surface area contributed by atoms with E-state index in [9.17, 15) is 19.2 Å². The van der Waals surface area contributed by atoms with Crippen LogP contribution in [0.5, 0.6) is 5.75 Å². The lowest BCUT2D eigenvalue weighted by molar-refractivity contribution is -0.149. The van der Waals surface area contributed by atoms with E-state index in [1.54, 1.807) is 24.8 Å². The Morgan fingerprint density at radius 1 is 1.02 bits per heavy atom. The summed E-state index contributed by atoms with van der Waals surface area (Å²) in [7, 11) is 3.25. The molecule has 3 N–H and O–H groups in total. The molecule has 1 aliphatic carbocycles. The number of nitrogens with zero attached hydrogens (tertiary/aromatic N) is 3. The van der Waals surface area contributed by atoms with Gasteiger partial charge in [-0.05, 0) is 55.5 Å². The summed E-state index contributed by atoms with van der Waals surface area (Å²) in [6.45, 7) is 7.83. The number of ether oxygens (including phenoxy) is 1. The SMILES string of the molecule is CCC(=O)N[C@@H](C(=O)N1CCN(C)CC1)[C@@H](C)c1ccc(NC(=O)[C@@H](NC(=O)C(F)(F)c2cncc(OC)c2)C2CCC(C)CC2)c(F)c1. The van der Waals surface area contributed by atoms with E-state index in [0.29, 0.717) is 50.5 Å². The number of anilines is 1. The molecule has 2 aromatic rings. The van der Waals surface area contributed by atoms with Gasteiger partial charge in [-0.1, -0.05) is 39.7 Å². The number of carbonyl (C=O) groups is 4. The maximum absolute atomic E-state index is 15.6. The van der Waals surface area contributed by atoms with Crippen LogP contribution in [0.15, 0.2) is 36.7 Å². The molecular formula is C35H47F3N6O5. The first kappa shape index (κ1) is 37.6. The van der Waals surface area contributed by atoms with Crippen molar-refractivity contribution in [2.45, 2.75) is 76.8 Å². The van der Waals surface area contributed by atoms with Crippen LogP contribution in [0, 0.1) is 17.7 Å². The number of carbonyl (C=O) groups excluding carboxylic acids is 4. The van der Waals surface area contributed by atoms with Gasteiger partial charge in [-0.3, -0.25) is 24.2 Å². The Hall–Kier alpha value is -4.20. The molecule has 0 bridgehead atoms. The molecule has 1 aromatic heterocycles. The minimum absolute atomic E-state index is 0.0385. The highest BCUT2D eigenvalue weighted by molar-refractivity contribution is 5.98. The molecule has 0 spiro atoms. The predicted octanol–water partition coefficient (Wildman–Crippen LogP) is 4.04. The summed E-state index contributed by atoms with van der Waals surface area (Å²) in [6.07, 6.45) is 4.75. The molecule has 0 radical (unpaired) electrons. The van der Waals surface area contributed by atoms with E-state index in [0.717, 1.165) is 25.1 Å². The number of rotatable bonds is 12. The average Bonchev–Trinajstić information content (AvgIpc) is 3.10. The number of benzene rings is 1. The van der Waals surface area contributed by atoms with Crippen molar-refractivity contribution in [3.63, 3.8) is 0 Å². The maximum atomic E-state index is 15.6. The quantitative estimate of drug-likeness (QED) is 0.307. The van der Waals surface area contributed by atoms with E-state index >= 15 is 13.2 Å². The van der Waals surface area contributed by atoms with E-state index in [1.165, 1.54) is 25.4 Å². The van der Waals surface area contributed by atoms with E-state index in [2.05, 4.69) is 32.8 Å². The van der Waals surface area contributed by atoms with Crippen molar-refractivity contribution in [2.24, 2.45) is 11.8 Å². The summed E-state index contributed by atoms with van der Waals surface area (Å²) in [5.74, 6) is -8.60. The van der Waals surface area contributed by atoms with Crippen LogP contribution in [0.1, 0.15) is 69.9 Å². The smallest absolute Gasteiger partial charge is 0.351 e. The van der Waals surface area contributed by atoms with Gasteiger partial charge in [0.15, 0.2) is 0 Å². The number of hydrogen-bond donors (Lipinski definition) is 3. The predicted molar refractivity (Wildman–Crippen MR) is 177 cm³/mol. The number of halogens is 3. The third kappa shape index (κ3) is 9.28. The molecule has 1 saturated heterocycles. The zero-order chi connectivity index (χ0) is 35.9. The second kappa shape index (κ2) is 16.5. The highest BCUT2D eigenvalue weighted by atomic mass is 19.3. The van der Waals surface area contributed by atoms with Crippen molar-refractivity contribution in [2.75, 3.05) is 45.7 Å². The Kier molecular flexibility index (Phi) is 12.6. The number of nitrogens with one attached hydrogen (secondary N) is 3. The van der Waals surface area contributed by atoms with Gasteiger partial charge in [0.05, 0.1) is 24.6 Å². The topological polar surface area (TPSA) is 133 Å². The second-order valence-corrected chi connectivity index (χ2v) is 13.2. The van der Waals surface area contributed by atoms with Gasteiger partial charge in [0.2, 0.25) is 17.7 Å². The van der Waals surface area contributed by atoms with E-state index in [1.807, 2.05) is 7.05 Å². The lowest BCUT2D eigenvalue weighted by Gasteiger charge is -2.36. The molecule has 14 heteroatoms. The molecule has 2 aliphatic rings. The number of piperazine rings is 1. The second-order valence-electron chi connectivity index (χ2n) is 13.2. The molecule has 1 saturated carbocycles. The average molecular weight is 689 g/mol. The molecule has 1 aliphatic heterocycles. The minimum atomic E-state index is -4.03. The van der Waals surface area contributed by atoms with Crippen LogP contribution in [0.4, 0.5) is 18.9 Å². The van der Waals surface area contributed by atoms with Gasteiger partial charge in [0, 0.05) is 44.7 Å². The molecule has 4 amide bonds. The van der Waals surface area contributed by atoms with E-state index in [4.69, 9.17) is 4.74 Å². The summed E-state index contributed by atoms with van der Waals surface area (Å²) < 4.78 is 51.3. The third-order valence-corrected chi connectivity index (χ3v) is 9.69. The summed E-state index contributed by atoms with van der Waals surface area (Å²) in [4.78, 5) is 60.1. The van der Waals surface area contributed by atoms with Gasteiger partial charge in [0.1, 0.15) is 23.7 Å². The Labute approximate surface area is 285 Å². The fourth-order valence-corrected chi connectivity index (χ4v) is 6.30. The number of methoxy groups -OCH3 is 1. The fraction of sp³-hybridized carbons (Fsp3) is 0.571. The standard InChI is InChI=1S/C35H47F3N6O5/c1-6-29(45)41-30(33(47)44-15-13-43(4)14-16-44)22(3)24-11-12-28(27(36)17-24)40-32(46)31(23-9-7-21(2)8-10-23)42-34(48)35(37,38)25-18-26(49-5)20-39-19-25/h11-12,17-23,30-31H,6-10,13-16H2,1-5H3,(H,40,46)(H,41,45)(H,42,48)/t21?,22-,23?,30+,31-/m0/s1. The number of amides is 4. The molecule has 2 fully saturated rings. The first-order chi connectivity index (χ1) is 23.2. The van der Waals surface area contributed by atoms with E-state index in [-0.39, 0.29) is 29.7 Å². The molecular weight excluding hydrogens is 641 g/mol. The largest absolute Gasteiger partial charge is 0.495 e. The number of likely N-dealkylation sites (N-methyl/N-ethyl adjacent to an activating group) is 1. The van der Waals surface area contributed by atoms with Crippen LogP contribution in [-0.2, 0) is 25.1 Å². The minimum Gasteiger partial charge on any atom is -0.495 e. The Bertz CT molecular complexity index is 1490. The van der Waals surface area contributed by atoms with Crippen molar-refractivity contribution >= 4 is 29.3 Å². The lowest BCUT2D eigenvalue weighted by Crippen LogP contribution is -2.55. The summed E-state index contributed by atoms with van der Waals surface area (Å²) in [5, 5.41) is 7.54. The molecule has 11 nitrogen and oxygen atoms in total. The summed E-state index contributed by atoms with van der Waals surface area (Å²) in [6, 6.07) is 2.76. The molecule has 3 atom stereocenters. The van der Waals surface area contributed by atoms with Crippen molar-refractivity contribution in [3.8, 4) is 5.75 Å². The van der Waals surface area contributed by atoms with Gasteiger partial charge in [-0.15, -0.1) is 0 Å². The van der Waals surface area contributed by atoms with Gasteiger partial charge in [-0.25, -0.2) is 4.39 Å². The summed E-state index contributed by atoms with van der Waals surface area (Å²) in [5.41, 5.74) is -0.499. The highest BCUT2D eigenvalue weighted by Gasteiger charge is 2.45. The maximum Gasteiger partial charge on any atom is 0.351 e. The normalized spacial score (nSPS) is 20.4. The number of alkyl halides is 2. The van der Waals surface area contributed by atoms with Gasteiger partial charge in [0.25, 0.3) is 5.91 Å². The van der Waals surface area contributed by atoms with Gasteiger partial charge < -0.3 is 30.5 Å². The van der Waals surface area contributed by atoms with Gasteiger partial charge in [-0.2, -0.15) is 8.78 Å². The van der Waals surface area contributed by atoms with Crippen molar-refractivity contribution < 1.29 is 37.1 Å². The number of aromatic nitrogens is 1. The Morgan fingerprint density at radius 3 is 2.31 bits per heavy atom. The van der Waals surface area contributed by atoms with Crippen LogP contribution in [0.3, 0.4) is 0 Å². The molecule has 0 unspecified atom stereocenters. The van der Waals surface area contributed by atoms with Crippen LogP contribution in [0.2, 0.25) is 0 Å². The zero-order valence-electron chi connectivity index (χ0n) is 28.7. The van der Waals surface area contributed by atoms with Crippen LogP contribution in [0.25, 0.3) is 0 Å². The molecule has 49 heavy (non-hydrogen) atoms. The molecule has 4 rings (SSSR count). The van der Waals surface area contributed by atoms with Crippen molar-refractivity contribution in [1.82, 2.24) is 25.4 Å². The molecule has 2 heterocycles. The van der Waals surface area contributed by atoms with Crippen molar-refractivity contribution in [3.05, 3.63) is 53.6 Å². The number of hydrogen-bond acceptors (Lipinski definition) is 7. The Morgan fingerprint density at radius 2 is 1.69 bits per heavy atom. The Balaban J connectivity index is 1.54. The molecule has 1 aromatic carbocycles. The van der Waals surface area contributed by atoms with Crippen LogP contribution < -0.4 is 20.7 Å². The number of pyridine rings is 1. The highest BCUT2D eigenvalue weighted by Crippen LogP contribution is 2.34. The summed E-state index contributed by atoms with van der Waals surface area (Å²) >= 11 is 0. The van der Waals surface area contributed by atoms with E-state index < -0.39 is 53.0 Å². The van der Waals surface area contributed by atoms with Crippen molar-refractivity contribution in [1.29, 1.82) is 0 Å². The fourth-order valence-electron chi connectivity index (χ4n) is 6.30.